The number of alkyl halides is 3. The van der Waals surface area contributed by atoms with Gasteiger partial charge in [0.25, 0.3) is 0 Å². The lowest BCUT2D eigenvalue weighted by Crippen LogP contribution is -2.48. The number of ether oxygens (including phenoxy) is 1. The zero-order valence-electron chi connectivity index (χ0n) is 18.2. The van der Waals surface area contributed by atoms with Gasteiger partial charge >= 0.3 is 6.36 Å². The van der Waals surface area contributed by atoms with E-state index in [9.17, 15) is 27.2 Å². The van der Waals surface area contributed by atoms with Gasteiger partial charge in [0.05, 0.1) is 17.3 Å². The van der Waals surface area contributed by atoms with Crippen LogP contribution in [0.25, 0.3) is 0 Å². The molecule has 1 fully saturated rings. The molecule has 0 amide bonds. The molecule has 4 rings (SSSR count). The number of nitrogens with zero attached hydrogens (tertiary/aromatic N) is 3. The van der Waals surface area contributed by atoms with Crippen LogP contribution in [-0.4, -0.2) is 30.9 Å². The average molecular weight is 508 g/mol. The van der Waals surface area contributed by atoms with Crippen molar-refractivity contribution in [2.24, 2.45) is 0 Å². The smallest absolute Gasteiger partial charge is 0.406 e. The van der Waals surface area contributed by atoms with Gasteiger partial charge in [-0.1, -0.05) is 29.8 Å². The topological polar surface area (TPSA) is 39.5 Å². The number of hydrogen-bond acceptors (Lipinski definition) is 4. The van der Waals surface area contributed by atoms with E-state index in [2.05, 4.69) is 10.8 Å². The molecule has 182 valence electrons. The third-order valence-corrected chi connectivity index (χ3v) is 5.98. The number of benzene rings is 3. The van der Waals surface area contributed by atoms with Crippen molar-refractivity contribution >= 4 is 17.3 Å². The molecule has 1 aliphatic rings. The molecule has 1 atom stereocenters. The summed E-state index contributed by atoms with van der Waals surface area (Å²) in [6, 6.07) is 16.1. The molecule has 4 nitrogen and oxygen atoms in total. The highest BCUT2D eigenvalue weighted by atomic mass is 35.5. The Labute approximate surface area is 203 Å². The maximum Gasteiger partial charge on any atom is 0.573 e. The monoisotopic (exact) mass is 507 g/mol. The molecule has 0 aromatic heterocycles. The maximum atomic E-state index is 13.7. The molecular weight excluding hydrogens is 489 g/mol. The Morgan fingerprint density at radius 1 is 0.971 bits per heavy atom. The molecule has 1 aliphatic heterocycles. The molecule has 0 spiro atoms. The van der Waals surface area contributed by atoms with E-state index >= 15 is 0 Å². The van der Waals surface area contributed by atoms with Gasteiger partial charge in [-0.05, 0) is 53.6 Å². The molecule has 1 saturated heterocycles. The van der Waals surface area contributed by atoms with E-state index in [1.807, 2.05) is 9.80 Å². The van der Waals surface area contributed by atoms with Crippen molar-refractivity contribution < 1.29 is 26.7 Å². The minimum absolute atomic E-state index is 0.341. The van der Waals surface area contributed by atoms with Crippen molar-refractivity contribution in [3.63, 3.8) is 0 Å². The fraction of sp³-hybridized carbons (Fsp3) is 0.240. The van der Waals surface area contributed by atoms with Crippen LogP contribution in [-0.2, 0) is 6.54 Å². The highest BCUT2D eigenvalue weighted by Crippen LogP contribution is 2.35. The van der Waals surface area contributed by atoms with Crippen LogP contribution in [0.15, 0.2) is 60.7 Å². The first kappa shape index (κ1) is 24.8. The number of rotatable bonds is 5. The van der Waals surface area contributed by atoms with Gasteiger partial charge in [0.1, 0.15) is 11.8 Å². The van der Waals surface area contributed by atoms with Crippen LogP contribution in [0.2, 0.25) is 5.02 Å². The molecule has 1 unspecified atom stereocenters. The summed E-state index contributed by atoms with van der Waals surface area (Å²) in [5.74, 6) is -2.20. The van der Waals surface area contributed by atoms with Crippen LogP contribution in [0.1, 0.15) is 22.7 Å². The molecular formula is C25H19ClF5N3O. The second-order valence-electron chi connectivity index (χ2n) is 8.08. The van der Waals surface area contributed by atoms with E-state index in [0.29, 0.717) is 53.6 Å². The summed E-state index contributed by atoms with van der Waals surface area (Å²) in [7, 11) is 0. The van der Waals surface area contributed by atoms with Crippen molar-refractivity contribution in [3.8, 4) is 11.8 Å². The van der Waals surface area contributed by atoms with Crippen molar-refractivity contribution in [1.82, 2.24) is 4.90 Å². The quantitative estimate of drug-likeness (QED) is 0.372. The number of piperazine rings is 1. The zero-order chi connectivity index (χ0) is 25.2. The van der Waals surface area contributed by atoms with E-state index in [1.54, 1.807) is 30.3 Å². The lowest BCUT2D eigenvalue weighted by atomic mass is 9.99. The Morgan fingerprint density at radius 3 is 2.37 bits per heavy atom. The van der Waals surface area contributed by atoms with E-state index in [0.717, 1.165) is 12.1 Å². The van der Waals surface area contributed by atoms with Gasteiger partial charge in [0.15, 0.2) is 11.6 Å². The minimum Gasteiger partial charge on any atom is -0.406 e. The largest absolute Gasteiger partial charge is 0.573 e. The predicted octanol–water partition coefficient (Wildman–Crippen LogP) is 6.45. The summed E-state index contributed by atoms with van der Waals surface area (Å²) >= 11 is 6.05. The molecule has 10 heteroatoms. The van der Waals surface area contributed by atoms with E-state index in [-0.39, 0.29) is 11.8 Å². The Balaban J connectivity index is 1.64. The third-order valence-electron chi connectivity index (χ3n) is 5.74. The van der Waals surface area contributed by atoms with Gasteiger partial charge in [0.2, 0.25) is 0 Å². The first-order valence-electron chi connectivity index (χ1n) is 10.6. The van der Waals surface area contributed by atoms with Gasteiger partial charge < -0.3 is 9.64 Å². The van der Waals surface area contributed by atoms with Crippen LogP contribution < -0.4 is 9.64 Å². The highest BCUT2D eigenvalue weighted by Gasteiger charge is 2.32. The Bertz CT molecular complexity index is 1240. The standard InChI is InChI=1S/C25H19ClF5N3O/c26-19-4-8-23(18(12-19)13-32)34-10-9-33(14-16-1-7-21(27)22(28)11-16)15-24(34)17-2-5-20(6-3-17)35-25(29,30)31/h1-8,11-12,24H,9-10,14-15H2. The van der Waals surface area contributed by atoms with Crippen molar-refractivity contribution in [2.75, 3.05) is 24.5 Å². The van der Waals surface area contributed by atoms with E-state index < -0.39 is 18.0 Å². The zero-order valence-corrected chi connectivity index (χ0v) is 19.0. The minimum atomic E-state index is -4.80. The number of anilines is 1. The van der Waals surface area contributed by atoms with Crippen LogP contribution in [0, 0.1) is 23.0 Å². The van der Waals surface area contributed by atoms with Crippen molar-refractivity contribution in [2.45, 2.75) is 18.9 Å². The van der Waals surface area contributed by atoms with Crippen molar-refractivity contribution in [3.05, 3.63) is 94.0 Å². The number of nitriles is 1. The fourth-order valence-electron chi connectivity index (χ4n) is 4.19. The van der Waals surface area contributed by atoms with Gasteiger partial charge in [0, 0.05) is 31.2 Å². The summed E-state index contributed by atoms with van der Waals surface area (Å²) in [6.45, 7) is 1.80. The number of hydrogen-bond donors (Lipinski definition) is 0. The summed E-state index contributed by atoms with van der Waals surface area (Å²) in [4.78, 5) is 4.03. The molecule has 0 radical (unpaired) electrons. The van der Waals surface area contributed by atoms with Gasteiger partial charge in [-0.2, -0.15) is 5.26 Å². The first-order chi connectivity index (χ1) is 16.6. The Hall–Kier alpha value is -3.35. The molecule has 0 bridgehead atoms. The SMILES string of the molecule is N#Cc1cc(Cl)ccc1N1CCN(Cc2ccc(F)c(F)c2)CC1c1ccc(OC(F)(F)F)cc1. The lowest BCUT2D eigenvalue weighted by Gasteiger charge is -2.43. The average Bonchev–Trinajstić information content (AvgIpc) is 2.81. The maximum absolute atomic E-state index is 13.7. The normalized spacial score (nSPS) is 16.7. The molecule has 35 heavy (non-hydrogen) atoms. The molecule has 3 aromatic rings. The summed E-state index contributed by atoms with van der Waals surface area (Å²) < 4.78 is 68.7. The Morgan fingerprint density at radius 2 is 1.71 bits per heavy atom. The highest BCUT2D eigenvalue weighted by molar-refractivity contribution is 6.30. The van der Waals surface area contributed by atoms with Gasteiger partial charge in [-0.15, -0.1) is 13.2 Å². The molecule has 3 aromatic carbocycles. The van der Waals surface area contributed by atoms with Gasteiger partial charge in [-0.25, -0.2) is 8.78 Å². The summed E-state index contributed by atoms with van der Waals surface area (Å²) in [6.07, 6.45) is -4.80. The first-order valence-corrected chi connectivity index (χ1v) is 11.0. The molecule has 1 heterocycles. The van der Waals surface area contributed by atoms with E-state index in [4.69, 9.17) is 11.6 Å². The predicted molar refractivity (Wildman–Crippen MR) is 121 cm³/mol. The van der Waals surface area contributed by atoms with Crippen LogP contribution in [0.4, 0.5) is 27.6 Å². The molecule has 0 N–H and O–H groups in total. The Kier molecular flexibility index (Phi) is 7.15. The summed E-state index contributed by atoms with van der Waals surface area (Å²) in [5.41, 5.74) is 2.31. The molecule has 0 aliphatic carbocycles. The van der Waals surface area contributed by atoms with Crippen molar-refractivity contribution in [1.29, 1.82) is 5.26 Å². The second kappa shape index (κ2) is 10.1. The van der Waals surface area contributed by atoms with Gasteiger partial charge in [-0.3, -0.25) is 4.90 Å². The van der Waals surface area contributed by atoms with E-state index in [1.165, 1.54) is 18.2 Å². The number of halogens is 6. The second-order valence-corrected chi connectivity index (χ2v) is 8.52. The third kappa shape index (κ3) is 6.02. The summed E-state index contributed by atoms with van der Waals surface area (Å²) in [5, 5.41) is 10.0. The van der Waals surface area contributed by atoms with Crippen LogP contribution >= 0.6 is 11.6 Å². The van der Waals surface area contributed by atoms with Crippen LogP contribution in [0.5, 0.6) is 5.75 Å². The fourth-order valence-corrected chi connectivity index (χ4v) is 4.36. The molecule has 0 saturated carbocycles. The van der Waals surface area contributed by atoms with Crippen LogP contribution in [0.3, 0.4) is 0 Å². The lowest BCUT2D eigenvalue weighted by molar-refractivity contribution is -0.274.